The number of aliphatic hydroxyl groups excluding tert-OH is 1. The van der Waals surface area contributed by atoms with Gasteiger partial charge in [0.15, 0.2) is 0 Å². The molecular formula is C47H70O7. The minimum atomic E-state index is -1.71. The Bertz CT molecular complexity index is 1310. The van der Waals surface area contributed by atoms with Crippen LogP contribution in [0.25, 0.3) is 0 Å². The number of carbonyl (C=O) groups is 2. The van der Waals surface area contributed by atoms with Crippen molar-refractivity contribution < 1.29 is 33.6 Å². The lowest BCUT2D eigenvalue weighted by atomic mass is 9.85. The van der Waals surface area contributed by atoms with Gasteiger partial charge in [0.25, 0.3) is 0 Å². The summed E-state index contributed by atoms with van der Waals surface area (Å²) in [6.07, 6.45) is 20.2. The fourth-order valence-corrected chi connectivity index (χ4v) is 8.00. The molecule has 0 spiro atoms. The van der Waals surface area contributed by atoms with Gasteiger partial charge in [0, 0.05) is 19.4 Å². The van der Waals surface area contributed by atoms with Crippen molar-refractivity contribution in [2.24, 2.45) is 11.8 Å². The van der Waals surface area contributed by atoms with Gasteiger partial charge in [-0.2, -0.15) is 0 Å². The maximum Gasteiger partial charge on any atom is 0.348 e. The van der Waals surface area contributed by atoms with Gasteiger partial charge in [0.2, 0.25) is 11.9 Å². The number of unbranched alkanes of at least 4 members (excludes halogenated alkanes) is 12. The largest absolute Gasteiger partial charge is 0.460 e. The normalized spacial score (nSPS) is 21.4. The number of esters is 2. The van der Waals surface area contributed by atoms with Gasteiger partial charge in [0.05, 0.1) is 18.6 Å². The first-order chi connectivity index (χ1) is 26.4. The number of carbonyl (C=O) groups excluding carboxylic acids is 2. The zero-order valence-electron chi connectivity index (χ0n) is 33.7. The molecule has 1 heterocycles. The molecule has 1 N–H and O–H groups in total. The van der Waals surface area contributed by atoms with Crippen LogP contribution in [0.1, 0.15) is 160 Å². The minimum Gasteiger partial charge on any atom is -0.460 e. The minimum absolute atomic E-state index is 0.212. The van der Waals surface area contributed by atoms with E-state index in [2.05, 4.69) is 26.8 Å². The van der Waals surface area contributed by atoms with Crippen LogP contribution in [0.2, 0.25) is 0 Å². The van der Waals surface area contributed by atoms with Gasteiger partial charge in [-0.3, -0.25) is 4.79 Å². The average molecular weight is 747 g/mol. The zero-order chi connectivity index (χ0) is 38.4. The van der Waals surface area contributed by atoms with E-state index in [1.165, 1.54) is 63.4 Å². The highest BCUT2D eigenvalue weighted by Gasteiger charge is 2.49. The van der Waals surface area contributed by atoms with E-state index >= 15 is 4.79 Å². The summed E-state index contributed by atoms with van der Waals surface area (Å²) in [7, 11) is 0. The molecule has 7 nitrogen and oxygen atoms in total. The van der Waals surface area contributed by atoms with Crippen molar-refractivity contribution in [2.75, 3.05) is 13.2 Å². The number of hydrogen-bond acceptors (Lipinski definition) is 7. The second-order valence-electron chi connectivity index (χ2n) is 15.8. The van der Waals surface area contributed by atoms with Crippen molar-refractivity contribution in [3.63, 3.8) is 0 Å². The Hall–Kier alpha value is -3.00. The lowest BCUT2D eigenvalue weighted by molar-refractivity contribution is -0.226. The summed E-state index contributed by atoms with van der Waals surface area (Å²) in [5, 5.41) is 11.0. The second-order valence-corrected chi connectivity index (χ2v) is 15.8. The number of rotatable bonds is 24. The molecule has 0 aromatic heterocycles. The molecule has 1 aliphatic carbocycles. The molecule has 0 bridgehead atoms. The third-order valence-corrected chi connectivity index (χ3v) is 11.4. The molecule has 2 aliphatic rings. The fraction of sp³-hybridized carbons (Fsp3) is 0.660. The summed E-state index contributed by atoms with van der Waals surface area (Å²) in [6.45, 7) is 7.49. The molecule has 0 amide bonds. The van der Waals surface area contributed by atoms with Crippen molar-refractivity contribution in [1.29, 1.82) is 0 Å². The predicted molar refractivity (Wildman–Crippen MR) is 216 cm³/mol. The Kier molecular flexibility index (Phi) is 19.8. The van der Waals surface area contributed by atoms with E-state index in [-0.39, 0.29) is 17.8 Å². The van der Waals surface area contributed by atoms with Crippen LogP contribution >= 0.6 is 0 Å². The molecule has 54 heavy (non-hydrogen) atoms. The predicted octanol–water partition coefficient (Wildman–Crippen LogP) is 11.2. The van der Waals surface area contributed by atoms with Gasteiger partial charge < -0.3 is 24.1 Å². The van der Waals surface area contributed by atoms with E-state index in [9.17, 15) is 9.90 Å². The molecule has 300 valence electrons. The van der Waals surface area contributed by atoms with E-state index < -0.39 is 30.1 Å². The standard InChI is InChI=1S/C47H70O7/c1-4-6-8-10-11-12-13-14-15-23-29-44(53-45(49)39-32-33-51-36-39)54-47(40-25-19-16-20-26-40,41-27-21-17-22-28-41)46(50)52-43-34-38(30-31-42(48)35-43)37(3)24-18-9-7-5-2/h16-17,19-22,24-28,38-39,42-44,48H,4-15,18,23,29-36H2,1-3H3. The fourth-order valence-electron chi connectivity index (χ4n) is 8.00. The van der Waals surface area contributed by atoms with Gasteiger partial charge in [0.1, 0.15) is 6.10 Å². The topological polar surface area (TPSA) is 91.3 Å². The van der Waals surface area contributed by atoms with Crippen molar-refractivity contribution in [3.05, 3.63) is 83.4 Å². The number of allylic oxidation sites excluding steroid dienone is 2. The quantitative estimate of drug-likeness (QED) is 0.0376. The summed E-state index contributed by atoms with van der Waals surface area (Å²) in [4.78, 5) is 28.6. The molecule has 5 unspecified atom stereocenters. The van der Waals surface area contributed by atoms with Crippen LogP contribution in [-0.4, -0.2) is 48.8 Å². The van der Waals surface area contributed by atoms with Crippen molar-refractivity contribution in [1.82, 2.24) is 0 Å². The molecule has 2 aromatic carbocycles. The molecule has 1 saturated heterocycles. The van der Waals surface area contributed by atoms with Crippen molar-refractivity contribution >= 4 is 11.9 Å². The van der Waals surface area contributed by atoms with Crippen LogP contribution in [0.15, 0.2) is 72.3 Å². The van der Waals surface area contributed by atoms with E-state index in [1.807, 2.05) is 60.7 Å². The summed E-state index contributed by atoms with van der Waals surface area (Å²) >= 11 is 0. The van der Waals surface area contributed by atoms with Crippen LogP contribution in [-0.2, 0) is 34.1 Å². The molecule has 5 atom stereocenters. The maximum atomic E-state index is 15.1. The first-order valence-electron chi connectivity index (χ1n) is 21.5. The van der Waals surface area contributed by atoms with Crippen LogP contribution < -0.4 is 0 Å². The van der Waals surface area contributed by atoms with E-state index in [0.29, 0.717) is 56.4 Å². The van der Waals surface area contributed by atoms with Crippen LogP contribution in [0.4, 0.5) is 0 Å². The lowest BCUT2D eigenvalue weighted by Crippen LogP contribution is -2.47. The maximum absolute atomic E-state index is 15.1. The van der Waals surface area contributed by atoms with Gasteiger partial charge in [-0.05, 0) is 68.9 Å². The number of ether oxygens (including phenoxy) is 4. The third-order valence-electron chi connectivity index (χ3n) is 11.4. The Morgan fingerprint density at radius 2 is 1.37 bits per heavy atom. The monoisotopic (exact) mass is 747 g/mol. The van der Waals surface area contributed by atoms with Gasteiger partial charge in [-0.1, -0.05) is 157 Å². The van der Waals surface area contributed by atoms with Gasteiger partial charge in [-0.25, -0.2) is 4.79 Å². The van der Waals surface area contributed by atoms with E-state index in [4.69, 9.17) is 18.9 Å². The van der Waals surface area contributed by atoms with E-state index in [1.54, 1.807) is 0 Å². The SMILES string of the molecule is CCCCCC=C(C)C1CCC(O)CC(OC(=O)C(OC(CCCCCCCCCCCC)OC(=O)C2CCOC2)(c2ccccc2)c2ccccc2)C1. The number of aliphatic hydroxyl groups is 1. The second kappa shape index (κ2) is 24.5. The molecule has 0 radical (unpaired) electrons. The van der Waals surface area contributed by atoms with Crippen LogP contribution in [0.3, 0.4) is 0 Å². The highest BCUT2D eigenvalue weighted by Crippen LogP contribution is 2.40. The van der Waals surface area contributed by atoms with Crippen LogP contribution in [0.5, 0.6) is 0 Å². The molecule has 1 saturated carbocycles. The van der Waals surface area contributed by atoms with Gasteiger partial charge in [-0.15, -0.1) is 0 Å². The molecule has 2 fully saturated rings. The summed E-state index contributed by atoms with van der Waals surface area (Å²) in [6, 6.07) is 18.9. The molecular weight excluding hydrogens is 677 g/mol. The smallest absolute Gasteiger partial charge is 0.348 e. The first-order valence-corrected chi connectivity index (χ1v) is 21.5. The van der Waals surface area contributed by atoms with Crippen LogP contribution in [0, 0.1) is 11.8 Å². The molecule has 2 aromatic rings. The lowest BCUT2D eigenvalue weighted by Gasteiger charge is -2.37. The number of benzene rings is 2. The highest BCUT2D eigenvalue weighted by atomic mass is 16.7. The molecule has 4 rings (SSSR count). The summed E-state index contributed by atoms with van der Waals surface area (Å²) in [5.41, 5.74) is 0.796. The summed E-state index contributed by atoms with van der Waals surface area (Å²) in [5.74, 6) is -1.06. The number of hydrogen-bond donors (Lipinski definition) is 1. The Balaban J connectivity index is 1.60. The van der Waals surface area contributed by atoms with E-state index in [0.717, 1.165) is 38.5 Å². The third kappa shape index (κ3) is 13.9. The average Bonchev–Trinajstić information content (AvgIpc) is 3.67. The summed E-state index contributed by atoms with van der Waals surface area (Å²) < 4.78 is 25.3. The first kappa shape index (κ1) is 43.7. The van der Waals surface area contributed by atoms with Crippen molar-refractivity contribution in [3.8, 4) is 0 Å². The Morgan fingerprint density at radius 3 is 1.96 bits per heavy atom. The zero-order valence-corrected chi connectivity index (χ0v) is 33.7. The Morgan fingerprint density at radius 1 is 0.778 bits per heavy atom. The molecule has 1 aliphatic heterocycles. The Labute approximate surface area is 326 Å². The van der Waals surface area contributed by atoms with Gasteiger partial charge >= 0.3 is 11.9 Å². The van der Waals surface area contributed by atoms with Crippen molar-refractivity contribution in [2.45, 2.75) is 173 Å². The highest BCUT2D eigenvalue weighted by molar-refractivity contribution is 5.86. The molecule has 7 heteroatoms.